The van der Waals surface area contributed by atoms with E-state index in [0.29, 0.717) is 0 Å². The van der Waals surface area contributed by atoms with E-state index in [4.69, 9.17) is 8.83 Å². The van der Waals surface area contributed by atoms with Gasteiger partial charge in [-0.25, -0.2) is 0 Å². The highest BCUT2D eigenvalue weighted by molar-refractivity contribution is 6.21. The van der Waals surface area contributed by atoms with Crippen LogP contribution in [-0.2, 0) is 0 Å². The number of hydrogen-bond acceptors (Lipinski definition) is 3. The zero-order valence-corrected chi connectivity index (χ0v) is 32.0. The van der Waals surface area contributed by atoms with E-state index in [1.807, 2.05) is 24.3 Å². The molecule has 0 saturated heterocycles. The molecule has 0 bridgehead atoms. The van der Waals surface area contributed by atoms with E-state index in [1.54, 1.807) is 0 Å². The summed E-state index contributed by atoms with van der Waals surface area (Å²) in [7, 11) is 0. The maximum absolute atomic E-state index is 6.42. The lowest BCUT2D eigenvalue weighted by Gasteiger charge is -2.27. The first-order valence-electron chi connectivity index (χ1n) is 20.1. The molecule has 0 aliphatic carbocycles. The molecule has 276 valence electrons. The van der Waals surface area contributed by atoms with Gasteiger partial charge in [0.2, 0.25) is 0 Å². The van der Waals surface area contributed by atoms with E-state index in [1.165, 1.54) is 38.2 Å². The molecule has 0 aliphatic heterocycles. The predicted octanol–water partition coefficient (Wildman–Crippen LogP) is 16.3. The summed E-state index contributed by atoms with van der Waals surface area (Å²) in [5, 5.41) is 9.43. The van der Waals surface area contributed by atoms with Gasteiger partial charge in [0.05, 0.1) is 11.1 Å². The summed E-state index contributed by atoms with van der Waals surface area (Å²) in [4.78, 5) is 2.36. The van der Waals surface area contributed by atoms with Crippen molar-refractivity contribution in [2.45, 2.75) is 0 Å². The maximum atomic E-state index is 6.42. The summed E-state index contributed by atoms with van der Waals surface area (Å²) in [6.07, 6.45) is 0. The van der Waals surface area contributed by atoms with Crippen LogP contribution in [0.1, 0.15) is 0 Å². The fourth-order valence-corrected chi connectivity index (χ4v) is 9.20. The molecular formula is C56H35NO2. The van der Waals surface area contributed by atoms with E-state index < -0.39 is 0 Å². The average Bonchev–Trinajstić information content (AvgIpc) is 3.88. The van der Waals surface area contributed by atoms with Gasteiger partial charge in [-0.05, 0) is 116 Å². The molecule has 0 saturated carbocycles. The minimum Gasteiger partial charge on any atom is -0.456 e. The molecule has 0 spiro atoms. The molecule has 3 nitrogen and oxygen atoms in total. The Morgan fingerprint density at radius 1 is 0.271 bits per heavy atom. The van der Waals surface area contributed by atoms with Crippen molar-refractivity contribution in [3.05, 3.63) is 212 Å². The lowest BCUT2D eigenvalue weighted by Crippen LogP contribution is -2.10. The molecule has 0 N–H and O–H groups in total. The Bertz CT molecular complexity index is 3540. The van der Waals surface area contributed by atoms with Gasteiger partial charge in [-0.2, -0.15) is 0 Å². The van der Waals surface area contributed by atoms with Crippen molar-refractivity contribution in [1.29, 1.82) is 0 Å². The number of furan rings is 2. The molecule has 2 aromatic heterocycles. The second kappa shape index (κ2) is 13.4. The quantitative estimate of drug-likeness (QED) is 0.158. The molecule has 0 fully saturated rings. The number of anilines is 3. The number of para-hydroxylation sites is 2. The zero-order chi connectivity index (χ0) is 38.9. The highest BCUT2D eigenvalue weighted by Gasteiger charge is 2.22. The minimum atomic E-state index is 0.858. The number of nitrogens with zero attached hydrogens (tertiary/aromatic N) is 1. The van der Waals surface area contributed by atoms with Crippen LogP contribution >= 0.6 is 0 Å². The van der Waals surface area contributed by atoms with Gasteiger partial charge in [0.25, 0.3) is 0 Å². The van der Waals surface area contributed by atoms with E-state index in [-0.39, 0.29) is 0 Å². The minimum absolute atomic E-state index is 0.858. The van der Waals surface area contributed by atoms with E-state index in [0.717, 1.165) is 77.6 Å². The molecule has 0 aliphatic rings. The summed E-state index contributed by atoms with van der Waals surface area (Å²) >= 11 is 0. The maximum Gasteiger partial charge on any atom is 0.137 e. The van der Waals surface area contributed by atoms with Gasteiger partial charge in [-0.3, -0.25) is 0 Å². The van der Waals surface area contributed by atoms with Gasteiger partial charge in [-0.15, -0.1) is 0 Å². The first-order chi connectivity index (χ1) is 29.3. The van der Waals surface area contributed by atoms with Crippen molar-refractivity contribution in [2.75, 3.05) is 4.90 Å². The Labute approximate surface area is 340 Å². The first kappa shape index (κ1) is 33.3. The van der Waals surface area contributed by atoms with Crippen molar-refractivity contribution in [1.82, 2.24) is 0 Å². The standard InChI is InChI=1S/C56H35NO2/c1-2-13-37(14-3-1)54-46-18-6-4-15-42(46)43-16-5-7-19-47(43)55(54)38-27-32-41(33-28-38)57(49-21-12-24-52-56(49)48-20-9-11-23-51(48)58-52)40-30-25-36(26-31-40)39-29-34-45-44-17-8-10-22-50(44)59-53(45)35-39/h1-35H. The molecule has 0 radical (unpaired) electrons. The van der Waals surface area contributed by atoms with Crippen molar-refractivity contribution in [2.24, 2.45) is 0 Å². The second-order valence-electron chi connectivity index (χ2n) is 15.2. The molecule has 3 heteroatoms. The summed E-state index contributed by atoms with van der Waals surface area (Å²) in [6, 6.07) is 75.8. The summed E-state index contributed by atoms with van der Waals surface area (Å²) < 4.78 is 12.7. The highest BCUT2D eigenvalue weighted by atomic mass is 16.3. The molecule has 2 heterocycles. The van der Waals surface area contributed by atoms with Crippen molar-refractivity contribution >= 4 is 82.5 Å². The van der Waals surface area contributed by atoms with Crippen molar-refractivity contribution in [3.63, 3.8) is 0 Å². The van der Waals surface area contributed by atoms with E-state index in [2.05, 4.69) is 193 Å². The van der Waals surface area contributed by atoms with Crippen LogP contribution in [0.4, 0.5) is 17.1 Å². The van der Waals surface area contributed by atoms with Gasteiger partial charge < -0.3 is 13.7 Å². The number of benzene rings is 10. The van der Waals surface area contributed by atoms with E-state index in [9.17, 15) is 0 Å². The molecular weight excluding hydrogens is 719 g/mol. The van der Waals surface area contributed by atoms with Gasteiger partial charge in [0, 0.05) is 27.5 Å². The molecule has 59 heavy (non-hydrogen) atoms. The fourth-order valence-electron chi connectivity index (χ4n) is 9.20. The lowest BCUT2D eigenvalue weighted by atomic mass is 9.85. The van der Waals surface area contributed by atoms with Crippen LogP contribution in [0.15, 0.2) is 221 Å². The van der Waals surface area contributed by atoms with Crippen LogP contribution in [0, 0.1) is 0 Å². The van der Waals surface area contributed by atoms with Gasteiger partial charge in [0.1, 0.15) is 22.3 Å². The Hall–Kier alpha value is -7.88. The zero-order valence-electron chi connectivity index (χ0n) is 32.0. The highest BCUT2D eigenvalue weighted by Crippen LogP contribution is 2.47. The third-order valence-electron chi connectivity index (χ3n) is 11.9. The number of fused-ring (bicyclic) bond motifs is 9. The molecule has 0 amide bonds. The Morgan fingerprint density at radius 3 is 1.39 bits per heavy atom. The predicted molar refractivity (Wildman–Crippen MR) is 247 cm³/mol. The monoisotopic (exact) mass is 753 g/mol. The largest absolute Gasteiger partial charge is 0.456 e. The smallest absolute Gasteiger partial charge is 0.137 e. The van der Waals surface area contributed by atoms with Gasteiger partial charge >= 0.3 is 0 Å². The summed E-state index contributed by atoms with van der Waals surface area (Å²) in [5.74, 6) is 0. The van der Waals surface area contributed by atoms with E-state index >= 15 is 0 Å². The van der Waals surface area contributed by atoms with Crippen molar-refractivity contribution in [3.8, 4) is 33.4 Å². The SMILES string of the molecule is c1ccc(-c2c(-c3ccc(N(c4ccc(-c5ccc6c(c5)oc5ccccc56)cc4)c4cccc5oc6ccccc6c45)cc3)c3ccccc3c3ccccc23)cc1. The molecule has 0 unspecified atom stereocenters. The van der Waals surface area contributed by atoms with Crippen LogP contribution < -0.4 is 4.90 Å². The van der Waals surface area contributed by atoms with Crippen LogP contribution in [0.25, 0.3) is 98.8 Å². The normalized spacial score (nSPS) is 11.7. The lowest BCUT2D eigenvalue weighted by molar-refractivity contribution is 0.668. The van der Waals surface area contributed by atoms with Crippen LogP contribution in [0.2, 0.25) is 0 Å². The average molecular weight is 754 g/mol. The fraction of sp³-hybridized carbons (Fsp3) is 0. The Balaban J connectivity index is 1.03. The van der Waals surface area contributed by atoms with Crippen molar-refractivity contribution < 1.29 is 8.83 Å². The number of rotatable bonds is 6. The van der Waals surface area contributed by atoms with Crippen LogP contribution in [0.5, 0.6) is 0 Å². The summed E-state index contributed by atoms with van der Waals surface area (Å²) in [6.45, 7) is 0. The summed E-state index contributed by atoms with van der Waals surface area (Å²) in [5.41, 5.74) is 13.8. The van der Waals surface area contributed by atoms with Gasteiger partial charge in [-0.1, -0.05) is 152 Å². The molecule has 0 atom stereocenters. The van der Waals surface area contributed by atoms with Crippen LogP contribution in [0.3, 0.4) is 0 Å². The Kier molecular flexibility index (Phi) is 7.54. The third kappa shape index (κ3) is 5.36. The third-order valence-corrected chi connectivity index (χ3v) is 11.9. The first-order valence-corrected chi connectivity index (χ1v) is 20.1. The second-order valence-corrected chi connectivity index (χ2v) is 15.2. The van der Waals surface area contributed by atoms with Gasteiger partial charge in [0.15, 0.2) is 0 Å². The molecule has 10 aromatic carbocycles. The Morgan fingerprint density at radius 2 is 0.729 bits per heavy atom. The number of hydrogen-bond donors (Lipinski definition) is 0. The topological polar surface area (TPSA) is 29.5 Å². The molecule has 12 rings (SSSR count). The van der Waals surface area contributed by atoms with Crippen LogP contribution in [-0.4, -0.2) is 0 Å². The molecule has 12 aromatic rings.